The molecule has 1 atom stereocenters. The Morgan fingerprint density at radius 1 is 1.33 bits per heavy atom. The summed E-state index contributed by atoms with van der Waals surface area (Å²) in [7, 11) is 2.18. The van der Waals surface area contributed by atoms with Gasteiger partial charge in [0.25, 0.3) is 0 Å². The van der Waals surface area contributed by atoms with Gasteiger partial charge in [0.1, 0.15) is 6.61 Å². The zero-order chi connectivity index (χ0) is 15.5. The van der Waals surface area contributed by atoms with Crippen molar-refractivity contribution in [1.82, 2.24) is 9.88 Å². The van der Waals surface area contributed by atoms with E-state index in [0.717, 1.165) is 17.8 Å². The lowest BCUT2D eigenvalue weighted by Crippen LogP contribution is -2.40. The molecule has 0 aliphatic carbocycles. The summed E-state index contributed by atoms with van der Waals surface area (Å²) < 4.78 is 5.98. The molecule has 2 rings (SSSR count). The third-order valence-corrected chi connectivity index (χ3v) is 4.44. The molecule has 2 heterocycles. The van der Waals surface area contributed by atoms with Gasteiger partial charge in [0.2, 0.25) is 5.88 Å². The third-order valence-electron chi connectivity index (χ3n) is 4.13. The molecule has 1 unspecified atom stereocenters. The van der Waals surface area contributed by atoms with Crippen molar-refractivity contribution in [3.05, 3.63) is 23.4 Å². The van der Waals surface area contributed by atoms with E-state index in [1.807, 2.05) is 6.07 Å². The summed E-state index contributed by atoms with van der Waals surface area (Å²) >= 11 is 6.00. The highest BCUT2D eigenvalue weighted by molar-refractivity contribution is 6.17. The molecule has 1 aliphatic rings. The monoisotopic (exact) mass is 310 g/mol. The fourth-order valence-electron chi connectivity index (χ4n) is 2.63. The first kappa shape index (κ1) is 16.6. The average molecular weight is 311 g/mol. The molecule has 0 N–H and O–H groups in total. The Bertz CT molecular complexity index is 470. The van der Waals surface area contributed by atoms with Crippen LogP contribution in [0, 0.1) is 0 Å². The van der Waals surface area contributed by atoms with Crippen molar-refractivity contribution in [1.29, 1.82) is 0 Å². The van der Waals surface area contributed by atoms with E-state index in [1.165, 1.54) is 19.3 Å². The van der Waals surface area contributed by atoms with Crippen LogP contribution in [0.3, 0.4) is 0 Å². The quantitative estimate of drug-likeness (QED) is 0.787. The van der Waals surface area contributed by atoms with Crippen LogP contribution in [0.4, 0.5) is 0 Å². The SMILES string of the molecule is CN1CCCCC1COc1cc(CCl)cc(C(C)(C)C)n1. The highest BCUT2D eigenvalue weighted by atomic mass is 35.5. The lowest BCUT2D eigenvalue weighted by Gasteiger charge is -2.32. The Labute approximate surface area is 133 Å². The maximum absolute atomic E-state index is 6.00. The normalized spacial score (nSPS) is 20.5. The molecule has 1 fully saturated rings. The van der Waals surface area contributed by atoms with Gasteiger partial charge in [-0.1, -0.05) is 27.2 Å². The van der Waals surface area contributed by atoms with Gasteiger partial charge >= 0.3 is 0 Å². The maximum Gasteiger partial charge on any atom is 0.213 e. The van der Waals surface area contributed by atoms with E-state index in [4.69, 9.17) is 16.3 Å². The van der Waals surface area contributed by atoms with Gasteiger partial charge in [-0.3, -0.25) is 0 Å². The molecule has 0 radical (unpaired) electrons. The zero-order valence-electron chi connectivity index (χ0n) is 13.7. The molecule has 4 heteroatoms. The summed E-state index contributed by atoms with van der Waals surface area (Å²) in [5.41, 5.74) is 2.11. The second kappa shape index (κ2) is 6.97. The molecule has 0 amide bonds. The van der Waals surface area contributed by atoms with Gasteiger partial charge in [-0.2, -0.15) is 0 Å². The highest BCUT2D eigenvalue weighted by Crippen LogP contribution is 2.25. The number of ether oxygens (including phenoxy) is 1. The highest BCUT2D eigenvalue weighted by Gasteiger charge is 2.21. The largest absolute Gasteiger partial charge is 0.476 e. The molecule has 1 aliphatic heterocycles. The van der Waals surface area contributed by atoms with Crippen LogP contribution in [-0.2, 0) is 11.3 Å². The predicted molar refractivity (Wildman–Crippen MR) is 88.3 cm³/mol. The van der Waals surface area contributed by atoms with Gasteiger partial charge in [-0.05, 0) is 38.1 Å². The van der Waals surface area contributed by atoms with Crippen molar-refractivity contribution >= 4 is 11.6 Å². The summed E-state index contributed by atoms with van der Waals surface area (Å²) in [6.07, 6.45) is 3.79. The standard InChI is InChI=1S/C17H27ClN2O/c1-17(2,3)15-9-13(11-18)10-16(19-15)21-12-14-7-5-6-8-20(14)4/h9-10,14H,5-8,11-12H2,1-4H3. The topological polar surface area (TPSA) is 25.4 Å². The van der Waals surface area contributed by atoms with Crippen molar-refractivity contribution in [2.75, 3.05) is 20.2 Å². The number of hydrogen-bond acceptors (Lipinski definition) is 3. The molecule has 118 valence electrons. The maximum atomic E-state index is 6.00. The minimum atomic E-state index is 0.00179. The molecule has 21 heavy (non-hydrogen) atoms. The van der Waals surface area contributed by atoms with E-state index >= 15 is 0 Å². The van der Waals surface area contributed by atoms with Gasteiger partial charge in [-0.15, -0.1) is 11.6 Å². The average Bonchev–Trinajstić information content (AvgIpc) is 2.45. The number of halogens is 1. The van der Waals surface area contributed by atoms with Crippen molar-refractivity contribution < 1.29 is 4.74 Å². The molecule has 1 aromatic rings. The van der Waals surface area contributed by atoms with E-state index in [2.05, 4.69) is 43.8 Å². The number of aromatic nitrogens is 1. The number of likely N-dealkylation sites (tertiary alicyclic amines) is 1. The van der Waals surface area contributed by atoms with Crippen LogP contribution in [0.25, 0.3) is 0 Å². The molecular formula is C17H27ClN2O. The van der Waals surface area contributed by atoms with Crippen LogP contribution in [0.15, 0.2) is 12.1 Å². The van der Waals surface area contributed by atoms with Crippen molar-refractivity contribution in [2.45, 2.75) is 57.4 Å². The van der Waals surface area contributed by atoms with E-state index in [9.17, 15) is 0 Å². The minimum Gasteiger partial charge on any atom is -0.476 e. The summed E-state index contributed by atoms with van der Waals surface area (Å²) in [6, 6.07) is 4.54. The molecule has 0 aromatic carbocycles. The van der Waals surface area contributed by atoms with Crippen molar-refractivity contribution in [3.63, 3.8) is 0 Å². The summed E-state index contributed by atoms with van der Waals surface area (Å²) in [5, 5.41) is 0. The van der Waals surface area contributed by atoms with Crippen LogP contribution in [0.5, 0.6) is 5.88 Å². The molecule has 1 saturated heterocycles. The molecule has 1 aromatic heterocycles. The van der Waals surface area contributed by atoms with Gasteiger partial charge in [-0.25, -0.2) is 4.98 Å². The Morgan fingerprint density at radius 3 is 2.71 bits per heavy atom. The van der Waals surface area contributed by atoms with E-state index in [0.29, 0.717) is 24.4 Å². The Kier molecular flexibility index (Phi) is 5.50. The molecule has 0 saturated carbocycles. The number of piperidine rings is 1. The fraction of sp³-hybridized carbons (Fsp3) is 0.706. The summed E-state index contributed by atoms with van der Waals surface area (Å²) in [4.78, 5) is 7.05. The number of hydrogen-bond donors (Lipinski definition) is 0. The smallest absolute Gasteiger partial charge is 0.213 e. The second-order valence-corrected chi connectivity index (χ2v) is 7.29. The van der Waals surface area contributed by atoms with Gasteiger partial charge in [0, 0.05) is 23.4 Å². The van der Waals surface area contributed by atoms with E-state index in [-0.39, 0.29) is 5.41 Å². The Morgan fingerprint density at radius 2 is 2.10 bits per heavy atom. The van der Waals surface area contributed by atoms with Crippen LogP contribution < -0.4 is 4.74 Å². The molecular weight excluding hydrogens is 284 g/mol. The van der Waals surface area contributed by atoms with Crippen LogP contribution in [0.1, 0.15) is 51.3 Å². The van der Waals surface area contributed by atoms with Crippen LogP contribution in [-0.4, -0.2) is 36.1 Å². The first-order valence-electron chi connectivity index (χ1n) is 7.80. The van der Waals surface area contributed by atoms with Crippen LogP contribution >= 0.6 is 11.6 Å². The number of pyridine rings is 1. The summed E-state index contributed by atoms with van der Waals surface area (Å²) in [5.74, 6) is 1.20. The number of nitrogens with zero attached hydrogens (tertiary/aromatic N) is 2. The molecule has 0 spiro atoms. The van der Waals surface area contributed by atoms with E-state index in [1.54, 1.807) is 0 Å². The lowest BCUT2D eigenvalue weighted by atomic mass is 9.91. The van der Waals surface area contributed by atoms with E-state index < -0.39 is 0 Å². The first-order chi connectivity index (χ1) is 9.90. The second-order valence-electron chi connectivity index (χ2n) is 7.02. The Hall–Kier alpha value is -0.800. The number of rotatable bonds is 4. The van der Waals surface area contributed by atoms with Gasteiger partial charge in [0.15, 0.2) is 0 Å². The van der Waals surface area contributed by atoms with Crippen molar-refractivity contribution in [2.24, 2.45) is 0 Å². The van der Waals surface area contributed by atoms with Crippen LogP contribution in [0.2, 0.25) is 0 Å². The first-order valence-corrected chi connectivity index (χ1v) is 8.34. The summed E-state index contributed by atoms with van der Waals surface area (Å²) in [6.45, 7) is 8.35. The number of alkyl halides is 1. The van der Waals surface area contributed by atoms with Gasteiger partial charge < -0.3 is 9.64 Å². The lowest BCUT2D eigenvalue weighted by molar-refractivity contribution is 0.122. The molecule has 3 nitrogen and oxygen atoms in total. The molecule has 0 bridgehead atoms. The predicted octanol–water partition coefficient (Wildman–Crippen LogP) is 3.98. The Balaban J connectivity index is 2.08. The number of likely N-dealkylation sites (N-methyl/N-ethyl adjacent to an activating group) is 1. The van der Waals surface area contributed by atoms with Gasteiger partial charge in [0.05, 0.1) is 5.69 Å². The zero-order valence-corrected chi connectivity index (χ0v) is 14.4. The minimum absolute atomic E-state index is 0.00179. The van der Waals surface area contributed by atoms with Crippen molar-refractivity contribution in [3.8, 4) is 5.88 Å². The third kappa shape index (κ3) is 4.58. The fourth-order valence-corrected chi connectivity index (χ4v) is 2.79.